The molecule has 0 spiro atoms. The second-order valence-corrected chi connectivity index (χ2v) is 8.79. The normalized spacial score (nSPS) is 17.1. The summed E-state index contributed by atoms with van der Waals surface area (Å²) in [5.41, 5.74) is -0.244. The van der Waals surface area contributed by atoms with Crippen molar-refractivity contribution in [3.8, 4) is 0 Å². The van der Waals surface area contributed by atoms with Gasteiger partial charge in [-0.1, -0.05) is 51.8 Å². The van der Waals surface area contributed by atoms with Gasteiger partial charge in [-0.15, -0.1) is 10.2 Å². The maximum Gasteiger partial charge on any atom is 0.321 e. The van der Waals surface area contributed by atoms with Crippen LogP contribution in [0.5, 0.6) is 0 Å². The van der Waals surface area contributed by atoms with E-state index in [0.29, 0.717) is 11.0 Å². The molecule has 1 atom stereocenters. The van der Waals surface area contributed by atoms with Crippen molar-refractivity contribution in [1.29, 1.82) is 0 Å². The fourth-order valence-corrected chi connectivity index (χ4v) is 3.53. The third-order valence-corrected chi connectivity index (χ3v) is 5.22. The molecule has 4 N–H and O–H groups in total. The first-order valence-corrected chi connectivity index (χ1v) is 9.55. The first-order valence-electron chi connectivity index (χ1n) is 8.67. The fraction of sp³-hybridized carbons (Fsp3) is 0.750. The van der Waals surface area contributed by atoms with E-state index in [1.165, 1.54) is 22.9 Å². The van der Waals surface area contributed by atoms with Gasteiger partial charge in [-0.05, 0) is 19.8 Å². The number of urea groups is 1. The van der Waals surface area contributed by atoms with Crippen molar-refractivity contribution >= 4 is 23.7 Å². The van der Waals surface area contributed by atoms with Crippen LogP contribution in [0.25, 0.3) is 0 Å². The zero-order chi connectivity index (χ0) is 18.6. The topological polar surface area (TPSA) is 115 Å². The molecule has 0 bridgehead atoms. The first-order chi connectivity index (χ1) is 11.7. The van der Waals surface area contributed by atoms with Gasteiger partial charge >= 0.3 is 6.03 Å². The molecule has 1 fully saturated rings. The summed E-state index contributed by atoms with van der Waals surface area (Å²) in [6.07, 6.45) is 5.39. The maximum atomic E-state index is 12.2. The lowest BCUT2D eigenvalue weighted by atomic mass is 9.96. The lowest BCUT2D eigenvalue weighted by molar-refractivity contribution is -0.119. The Bertz CT molecular complexity index is 619. The van der Waals surface area contributed by atoms with Crippen molar-refractivity contribution in [2.45, 2.75) is 81.7 Å². The van der Waals surface area contributed by atoms with Crippen LogP contribution in [0, 0.1) is 0 Å². The van der Waals surface area contributed by atoms with Crippen LogP contribution in [0.3, 0.4) is 0 Å². The average Bonchev–Trinajstić information content (AvgIpc) is 2.89. The lowest BCUT2D eigenvalue weighted by Gasteiger charge is -2.23. The number of carbonyl (C=O) groups excluding carboxylic acids is 2. The number of hydrogen-bond acceptors (Lipinski definition) is 6. The molecule has 9 heteroatoms. The van der Waals surface area contributed by atoms with E-state index < -0.39 is 11.3 Å². The molecule has 8 nitrogen and oxygen atoms in total. The lowest BCUT2D eigenvalue weighted by Crippen LogP contribution is -2.47. The van der Waals surface area contributed by atoms with E-state index in [1.54, 1.807) is 6.92 Å². The standard InChI is InChI=1S/C16H28N6O2S/c1-10(25-15-21-20-13(22(15)17)16(2,3)4)12(23)19-14(24)18-11-8-6-5-7-9-11/h10-11H,5-9,17H2,1-4H3,(H2,18,19,23,24)/t10-/m1/s1. The number of nitrogen functional groups attached to an aromatic ring is 1. The highest BCUT2D eigenvalue weighted by Gasteiger charge is 2.26. The fourth-order valence-electron chi connectivity index (χ4n) is 2.76. The molecule has 0 aromatic carbocycles. The molecule has 1 aliphatic carbocycles. The van der Waals surface area contributed by atoms with Gasteiger partial charge in [0.15, 0.2) is 5.82 Å². The van der Waals surface area contributed by atoms with Gasteiger partial charge in [-0.3, -0.25) is 10.1 Å². The highest BCUT2D eigenvalue weighted by atomic mass is 32.2. The Morgan fingerprint density at radius 2 is 1.88 bits per heavy atom. The van der Waals surface area contributed by atoms with Crippen LogP contribution >= 0.6 is 11.8 Å². The van der Waals surface area contributed by atoms with E-state index in [1.807, 2.05) is 20.8 Å². The monoisotopic (exact) mass is 368 g/mol. The predicted molar refractivity (Wildman–Crippen MR) is 97.7 cm³/mol. The molecular formula is C16H28N6O2S. The average molecular weight is 369 g/mol. The molecule has 0 radical (unpaired) electrons. The summed E-state index contributed by atoms with van der Waals surface area (Å²) in [7, 11) is 0. The number of carbonyl (C=O) groups is 2. The second kappa shape index (κ2) is 8.07. The molecule has 1 heterocycles. The number of rotatable bonds is 4. The number of nitrogens with one attached hydrogen (secondary N) is 2. The Kier molecular flexibility index (Phi) is 6.31. The molecule has 1 aliphatic rings. The van der Waals surface area contributed by atoms with E-state index in [2.05, 4.69) is 20.8 Å². The number of thioether (sulfide) groups is 1. The minimum absolute atomic E-state index is 0.158. The molecule has 1 aromatic heterocycles. The van der Waals surface area contributed by atoms with Gasteiger partial charge in [0.1, 0.15) is 0 Å². The van der Waals surface area contributed by atoms with Gasteiger partial charge in [0, 0.05) is 11.5 Å². The van der Waals surface area contributed by atoms with Crippen LogP contribution in [0.4, 0.5) is 4.79 Å². The van der Waals surface area contributed by atoms with Crippen LogP contribution in [-0.2, 0) is 10.2 Å². The summed E-state index contributed by atoms with van der Waals surface area (Å²) in [4.78, 5) is 24.2. The highest BCUT2D eigenvalue weighted by Crippen LogP contribution is 2.25. The van der Waals surface area contributed by atoms with E-state index in [-0.39, 0.29) is 17.4 Å². The van der Waals surface area contributed by atoms with Gasteiger partial charge in [-0.25, -0.2) is 9.47 Å². The maximum absolute atomic E-state index is 12.2. The SMILES string of the molecule is C[C@@H](Sc1nnc(C(C)(C)C)n1N)C(=O)NC(=O)NC1CCCCC1. The van der Waals surface area contributed by atoms with Gasteiger partial charge in [0.25, 0.3) is 0 Å². The smallest absolute Gasteiger partial charge is 0.321 e. The molecule has 1 saturated carbocycles. The number of nitrogens with zero attached hydrogens (tertiary/aromatic N) is 3. The molecule has 0 unspecified atom stereocenters. The van der Waals surface area contributed by atoms with Crippen molar-refractivity contribution in [3.63, 3.8) is 0 Å². The van der Waals surface area contributed by atoms with Gasteiger partial charge in [0.2, 0.25) is 11.1 Å². The molecule has 140 valence electrons. The number of aromatic nitrogens is 3. The summed E-state index contributed by atoms with van der Waals surface area (Å²) in [6, 6.07) is -0.278. The number of amides is 3. The molecule has 0 saturated heterocycles. The number of nitrogens with two attached hydrogens (primary N) is 1. The van der Waals surface area contributed by atoms with Crippen LogP contribution in [-0.4, -0.2) is 38.1 Å². The summed E-state index contributed by atoms with van der Waals surface area (Å²) >= 11 is 1.18. The highest BCUT2D eigenvalue weighted by molar-refractivity contribution is 8.00. The van der Waals surface area contributed by atoms with Crippen LogP contribution in [0.2, 0.25) is 0 Å². The van der Waals surface area contributed by atoms with Crippen molar-refractivity contribution in [3.05, 3.63) is 5.82 Å². The van der Waals surface area contributed by atoms with Crippen LogP contribution in [0.1, 0.15) is 65.6 Å². The Morgan fingerprint density at radius 1 is 1.24 bits per heavy atom. The van der Waals surface area contributed by atoms with Gasteiger partial charge in [-0.2, -0.15) is 0 Å². The van der Waals surface area contributed by atoms with Crippen molar-refractivity contribution in [1.82, 2.24) is 25.5 Å². The predicted octanol–water partition coefficient (Wildman–Crippen LogP) is 1.93. The number of imide groups is 1. The van der Waals surface area contributed by atoms with E-state index in [0.717, 1.165) is 25.7 Å². The Morgan fingerprint density at radius 3 is 2.44 bits per heavy atom. The van der Waals surface area contributed by atoms with Crippen molar-refractivity contribution in [2.24, 2.45) is 0 Å². The molecule has 2 rings (SSSR count). The minimum atomic E-state index is -0.517. The second-order valence-electron chi connectivity index (χ2n) is 7.48. The molecule has 0 aliphatic heterocycles. The van der Waals surface area contributed by atoms with Gasteiger partial charge < -0.3 is 11.2 Å². The van der Waals surface area contributed by atoms with Crippen LogP contribution < -0.4 is 16.5 Å². The Hall–Kier alpha value is -1.77. The third kappa shape index (κ3) is 5.35. The summed E-state index contributed by atoms with van der Waals surface area (Å²) in [6.45, 7) is 7.67. The van der Waals surface area contributed by atoms with Gasteiger partial charge in [0.05, 0.1) is 5.25 Å². The summed E-state index contributed by atoms with van der Waals surface area (Å²) < 4.78 is 1.40. The molecular weight excluding hydrogens is 340 g/mol. The summed E-state index contributed by atoms with van der Waals surface area (Å²) in [5.74, 6) is 6.28. The molecule has 1 aromatic rings. The zero-order valence-electron chi connectivity index (χ0n) is 15.3. The molecule has 25 heavy (non-hydrogen) atoms. The van der Waals surface area contributed by atoms with E-state index in [4.69, 9.17) is 5.84 Å². The van der Waals surface area contributed by atoms with Crippen LogP contribution in [0.15, 0.2) is 5.16 Å². The van der Waals surface area contributed by atoms with Crippen molar-refractivity contribution < 1.29 is 9.59 Å². The van der Waals surface area contributed by atoms with E-state index >= 15 is 0 Å². The third-order valence-electron chi connectivity index (χ3n) is 4.16. The largest absolute Gasteiger partial charge is 0.336 e. The first kappa shape index (κ1) is 19.6. The zero-order valence-corrected chi connectivity index (χ0v) is 16.2. The van der Waals surface area contributed by atoms with Crippen molar-refractivity contribution in [2.75, 3.05) is 5.84 Å². The van der Waals surface area contributed by atoms with E-state index in [9.17, 15) is 9.59 Å². The molecule has 3 amide bonds. The number of hydrogen-bond donors (Lipinski definition) is 3. The Labute approximate surface area is 152 Å². The Balaban J connectivity index is 1.87. The summed E-state index contributed by atoms with van der Waals surface area (Å²) in [5, 5.41) is 13.3. The minimum Gasteiger partial charge on any atom is -0.336 e. The quantitative estimate of drug-likeness (QED) is 0.552.